The van der Waals surface area contributed by atoms with Crippen LogP contribution >= 0.6 is 7.82 Å². The Bertz CT molecular complexity index is 1330. The lowest BCUT2D eigenvalue weighted by molar-refractivity contribution is -0.870. The van der Waals surface area contributed by atoms with E-state index >= 15 is 0 Å². The highest BCUT2D eigenvalue weighted by molar-refractivity contribution is 7.45. The number of phosphoric acid groups is 1. The Morgan fingerprint density at radius 1 is 0.529 bits per heavy atom. The Kier molecular flexibility index (Phi) is 48.4. The number of unbranched alkanes of at least 4 members (excludes halogenated alkanes) is 26. The fourth-order valence-electron chi connectivity index (χ4n) is 8.04. The largest absolute Gasteiger partial charge is 0.756 e. The van der Waals surface area contributed by atoms with Crippen molar-refractivity contribution < 1.29 is 32.9 Å². The van der Waals surface area contributed by atoms with Gasteiger partial charge in [0.05, 0.1) is 39.9 Å². The van der Waals surface area contributed by atoms with E-state index in [0.29, 0.717) is 23.9 Å². The van der Waals surface area contributed by atoms with Crippen molar-refractivity contribution in [2.45, 2.75) is 257 Å². The summed E-state index contributed by atoms with van der Waals surface area (Å²) in [7, 11) is 1.30. The SMILES string of the molecule is CC/C=C\C/C=C\C/C=C\C/C=C\C/C=C\C/C=C\CCCCCCCCCCCCCCCCCCCCC(=O)NC(COP(=O)([O-])OCC[N+](C)(C)C)C(O)CCCCCCCCCCC. The van der Waals surface area contributed by atoms with Crippen molar-refractivity contribution in [1.29, 1.82) is 0 Å². The summed E-state index contributed by atoms with van der Waals surface area (Å²) in [6.07, 6.45) is 68.2. The van der Waals surface area contributed by atoms with Crippen LogP contribution in [-0.2, 0) is 18.4 Å². The number of likely N-dealkylation sites (N-methyl/N-ethyl adjacent to an activating group) is 1. The van der Waals surface area contributed by atoms with Crippen LogP contribution in [-0.4, -0.2) is 68.5 Å². The van der Waals surface area contributed by atoms with Gasteiger partial charge in [-0.25, -0.2) is 0 Å². The molecule has 0 aliphatic carbocycles. The van der Waals surface area contributed by atoms with E-state index in [4.69, 9.17) is 9.05 Å². The number of amides is 1. The van der Waals surface area contributed by atoms with Crippen molar-refractivity contribution in [3.63, 3.8) is 0 Å². The molecule has 0 aliphatic heterocycles. The third-order valence-electron chi connectivity index (χ3n) is 12.5. The first-order valence-corrected chi connectivity index (χ1v) is 29.7. The second kappa shape index (κ2) is 49.9. The average Bonchev–Trinajstić information content (AvgIpc) is 3.30. The predicted molar refractivity (Wildman–Crippen MR) is 293 cm³/mol. The molecule has 0 aromatic rings. The lowest BCUT2D eigenvalue weighted by Crippen LogP contribution is -2.46. The van der Waals surface area contributed by atoms with Crippen LogP contribution in [0.4, 0.5) is 0 Å². The first-order valence-electron chi connectivity index (χ1n) is 28.3. The molecule has 0 bridgehead atoms. The number of rotatable bonds is 51. The summed E-state index contributed by atoms with van der Waals surface area (Å²) in [5.74, 6) is -0.167. The van der Waals surface area contributed by atoms with Gasteiger partial charge in [-0.1, -0.05) is 247 Å². The van der Waals surface area contributed by atoms with Crippen LogP contribution in [0, 0.1) is 0 Å². The normalized spacial score (nSPS) is 14.5. The van der Waals surface area contributed by atoms with Crippen molar-refractivity contribution in [2.24, 2.45) is 0 Å². The monoisotopic (exact) mass is 973 g/mol. The van der Waals surface area contributed by atoms with Crippen LogP contribution < -0.4 is 10.2 Å². The smallest absolute Gasteiger partial charge is 0.268 e. The van der Waals surface area contributed by atoms with E-state index in [0.717, 1.165) is 77.0 Å². The van der Waals surface area contributed by atoms with Crippen LogP contribution in [0.25, 0.3) is 0 Å². The summed E-state index contributed by atoms with van der Waals surface area (Å²) < 4.78 is 23.3. The molecular weight excluding hydrogens is 864 g/mol. The number of hydrogen-bond donors (Lipinski definition) is 2. The van der Waals surface area contributed by atoms with Gasteiger partial charge in [0, 0.05) is 6.42 Å². The molecule has 2 N–H and O–H groups in total. The van der Waals surface area contributed by atoms with Crippen LogP contribution in [0.5, 0.6) is 0 Å². The quantitative estimate of drug-likeness (QED) is 0.0272. The average molecular weight is 974 g/mol. The van der Waals surface area contributed by atoms with Gasteiger partial charge in [-0.15, -0.1) is 0 Å². The van der Waals surface area contributed by atoms with Crippen molar-refractivity contribution in [2.75, 3.05) is 40.9 Å². The van der Waals surface area contributed by atoms with E-state index in [9.17, 15) is 19.4 Å². The van der Waals surface area contributed by atoms with E-state index < -0.39 is 20.0 Å². The fraction of sp³-hybridized carbons (Fsp3) is 0.780. The first kappa shape index (κ1) is 65.9. The number of carbonyl (C=O) groups is 1. The molecule has 396 valence electrons. The number of allylic oxidation sites excluding steroid dienone is 12. The molecule has 0 aromatic carbocycles. The molecule has 3 atom stereocenters. The Morgan fingerprint density at radius 2 is 0.897 bits per heavy atom. The van der Waals surface area contributed by atoms with Crippen LogP contribution in [0.3, 0.4) is 0 Å². The van der Waals surface area contributed by atoms with Gasteiger partial charge in [-0.2, -0.15) is 0 Å². The minimum Gasteiger partial charge on any atom is -0.756 e. The van der Waals surface area contributed by atoms with Crippen LogP contribution in [0.15, 0.2) is 72.9 Å². The highest BCUT2D eigenvalue weighted by atomic mass is 31.2. The minimum atomic E-state index is -4.56. The molecule has 0 aliphatic rings. The van der Waals surface area contributed by atoms with Gasteiger partial charge in [-0.05, 0) is 64.2 Å². The highest BCUT2D eigenvalue weighted by Gasteiger charge is 2.24. The lowest BCUT2D eigenvalue weighted by atomic mass is 10.0. The van der Waals surface area contributed by atoms with Crippen molar-refractivity contribution in [3.8, 4) is 0 Å². The third-order valence-corrected chi connectivity index (χ3v) is 13.4. The van der Waals surface area contributed by atoms with Gasteiger partial charge in [0.15, 0.2) is 0 Å². The molecule has 0 spiro atoms. The van der Waals surface area contributed by atoms with Crippen molar-refractivity contribution in [1.82, 2.24) is 5.32 Å². The van der Waals surface area contributed by atoms with Gasteiger partial charge in [0.1, 0.15) is 13.2 Å². The number of nitrogens with zero attached hydrogens (tertiary/aromatic N) is 1. The predicted octanol–water partition coefficient (Wildman–Crippen LogP) is 16.5. The molecule has 0 radical (unpaired) electrons. The number of hydrogen-bond acceptors (Lipinski definition) is 6. The molecule has 0 saturated carbocycles. The fourth-order valence-corrected chi connectivity index (χ4v) is 8.77. The van der Waals surface area contributed by atoms with E-state index in [1.807, 2.05) is 21.1 Å². The number of aliphatic hydroxyl groups excluding tert-OH is 1. The zero-order chi connectivity index (χ0) is 49.9. The maximum Gasteiger partial charge on any atom is 0.268 e. The molecule has 0 aromatic heterocycles. The molecule has 8 nitrogen and oxygen atoms in total. The van der Waals surface area contributed by atoms with Crippen molar-refractivity contribution in [3.05, 3.63) is 72.9 Å². The highest BCUT2D eigenvalue weighted by Crippen LogP contribution is 2.38. The minimum absolute atomic E-state index is 0.0113. The van der Waals surface area contributed by atoms with Gasteiger partial charge in [0.2, 0.25) is 5.91 Å². The van der Waals surface area contributed by atoms with Crippen LogP contribution in [0.2, 0.25) is 0 Å². The molecule has 0 fully saturated rings. The number of quaternary nitrogens is 1. The molecule has 1 amide bonds. The standard InChI is InChI=1S/C59H109N2O6P/c1-6-8-10-12-14-16-17-18-19-20-21-22-23-24-25-26-27-28-29-30-31-32-33-34-35-36-37-38-39-40-41-42-43-45-47-49-51-53-59(63)60-57(56-67-68(64,65)66-55-54-61(3,4)5)58(62)52-50-48-46-44-15-13-11-9-7-2/h8,10,14,16,18-19,21-22,24-25,27-28,57-58,62H,6-7,9,11-13,15,17,20,23,26,29-56H2,1-5H3,(H-,60,63,64,65)/b10-8-,16-14-,19-18-,22-21-,25-24-,28-27-. The molecule has 0 rings (SSSR count). The molecule has 0 saturated heterocycles. The van der Waals surface area contributed by atoms with E-state index in [2.05, 4.69) is 92.1 Å². The van der Waals surface area contributed by atoms with E-state index in [1.165, 1.54) is 141 Å². The van der Waals surface area contributed by atoms with Gasteiger partial charge in [0.25, 0.3) is 7.82 Å². The topological polar surface area (TPSA) is 108 Å². The molecule has 68 heavy (non-hydrogen) atoms. The Hall–Kier alpha value is -2.06. The summed E-state index contributed by atoms with van der Waals surface area (Å²) in [5, 5.41) is 13.9. The number of phosphoric ester groups is 1. The zero-order valence-corrected chi connectivity index (χ0v) is 45.9. The van der Waals surface area contributed by atoms with Crippen molar-refractivity contribution >= 4 is 13.7 Å². The van der Waals surface area contributed by atoms with Gasteiger partial charge >= 0.3 is 0 Å². The number of carbonyl (C=O) groups excluding carboxylic acids is 1. The zero-order valence-electron chi connectivity index (χ0n) is 45.0. The molecule has 3 unspecified atom stereocenters. The molecule has 9 heteroatoms. The van der Waals surface area contributed by atoms with E-state index in [-0.39, 0.29) is 19.1 Å². The van der Waals surface area contributed by atoms with E-state index in [1.54, 1.807) is 0 Å². The summed E-state index contributed by atoms with van der Waals surface area (Å²) in [6, 6.07) is -0.799. The number of aliphatic hydroxyl groups is 1. The summed E-state index contributed by atoms with van der Waals surface area (Å²) in [5.41, 5.74) is 0. The molecule has 0 heterocycles. The first-order chi connectivity index (χ1) is 33.0. The maximum atomic E-state index is 12.9. The Balaban J connectivity index is 3.89. The number of nitrogens with one attached hydrogen (secondary N) is 1. The Labute approximate surface area is 421 Å². The van der Waals surface area contributed by atoms with Crippen LogP contribution in [0.1, 0.15) is 245 Å². The van der Waals surface area contributed by atoms with Gasteiger partial charge < -0.3 is 28.8 Å². The summed E-state index contributed by atoms with van der Waals surface area (Å²) >= 11 is 0. The second-order valence-electron chi connectivity index (χ2n) is 20.3. The summed E-state index contributed by atoms with van der Waals surface area (Å²) in [6.45, 7) is 4.58. The maximum absolute atomic E-state index is 12.9. The molecular formula is C59H109N2O6P. The Morgan fingerprint density at radius 3 is 1.31 bits per heavy atom. The second-order valence-corrected chi connectivity index (χ2v) is 21.7. The lowest BCUT2D eigenvalue weighted by Gasteiger charge is -2.30. The third kappa shape index (κ3) is 51.8. The summed E-state index contributed by atoms with van der Waals surface area (Å²) in [4.78, 5) is 25.4. The van der Waals surface area contributed by atoms with Gasteiger partial charge in [-0.3, -0.25) is 9.36 Å².